The number of hydrogen-bond donors (Lipinski definition) is 2. The number of anilines is 1. The average molecular weight is 322 g/mol. The molecule has 2 rings (SSSR count). The summed E-state index contributed by atoms with van der Waals surface area (Å²) in [5.41, 5.74) is 2.36. The molecule has 1 heterocycles. The van der Waals surface area contributed by atoms with E-state index in [9.17, 15) is 9.59 Å². The summed E-state index contributed by atoms with van der Waals surface area (Å²) >= 11 is 5.84. The van der Waals surface area contributed by atoms with E-state index in [2.05, 4.69) is 15.8 Å². The molecule has 2 amide bonds. The molecule has 0 saturated heterocycles. The lowest BCUT2D eigenvalue weighted by Crippen LogP contribution is -2.32. The highest BCUT2D eigenvalue weighted by atomic mass is 35.5. The zero-order chi connectivity index (χ0) is 15.9. The largest absolute Gasteiger partial charge is 0.495 e. The van der Waals surface area contributed by atoms with Crippen molar-refractivity contribution >= 4 is 35.3 Å². The van der Waals surface area contributed by atoms with Crippen molar-refractivity contribution in [3.05, 3.63) is 47.4 Å². The van der Waals surface area contributed by atoms with Gasteiger partial charge < -0.3 is 14.5 Å². The van der Waals surface area contributed by atoms with E-state index in [1.54, 1.807) is 24.3 Å². The summed E-state index contributed by atoms with van der Waals surface area (Å²) in [5.74, 6) is -1.02. The number of rotatable bonds is 4. The number of amides is 2. The molecule has 0 atom stereocenters. The fourth-order valence-corrected chi connectivity index (χ4v) is 1.70. The third-order valence-electron chi connectivity index (χ3n) is 2.52. The first kappa shape index (κ1) is 15.6. The van der Waals surface area contributed by atoms with Crippen LogP contribution in [0, 0.1) is 0 Å². The summed E-state index contributed by atoms with van der Waals surface area (Å²) in [6.45, 7) is 0. The van der Waals surface area contributed by atoms with Crippen LogP contribution in [0.5, 0.6) is 5.75 Å². The van der Waals surface area contributed by atoms with Gasteiger partial charge in [-0.1, -0.05) is 11.6 Å². The normalized spacial score (nSPS) is 10.5. The molecule has 0 fully saturated rings. The molecule has 2 N–H and O–H groups in total. The second kappa shape index (κ2) is 7.28. The van der Waals surface area contributed by atoms with Crippen LogP contribution in [0.1, 0.15) is 5.76 Å². The lowest BCUT2D eigenvalue weighted by atomic mass is 10.3. The standard InChI is InChI=1S/C14H12ClN3O4/c1-21-12-5-4-9(15)7-11(12)17-13(19)14(20)18-16-8-10-3-2-6-22-10/h2-8H,1H3,(H,17,19)(H,18,20)/b16-8-. The van der Waals surface area contributed by atoms with Crippen LogP contribution in [0.15, 0.2) is 46.1 Å². The highest BCUT2D eigenvalue weighted by molar-refractivity contribution is 6.40. The smallest absolute Gasteiger partial charge is 0.329 e. The number of carbonyl (C=O) groups excluding carboxylic acids is 2. The van der Waals surface area contributed by atoms with Crippen molar-refractivity contribution in [1.82, 2.24) is 5.43 Å². The van der Waals surface area contributed by atoms with Gasteiger partial charge >= 0.3 is 11.8 Å². The van der Waals surface area contributed by atoms with Gasteiger partial charge in [0.15, 0.2) is 0 Å². The predicted octanol–water partition coefficient (Wildman–Crippen LogP) is 2.03. The number of hydrogen-bond acceptors (Lipinski definition) is 5. The summed E-state index contributed by atoms with van der Waals surface area (Å²) in [6.07, 6.45) is 2.73. The molecule has 1 aromatic heterocycles. The van der Waals surface area contributed by atoms with E-state index < -0.39 is 11.8 Å². The van der Waals surface area contributed by atoms with E-state index in [4.69, 9.17) is 20.8 Å². The number of hydrazone groups is 1. The van der Waals surface area contributed by atoms with Gasteiger partial charge in [-0.2, -0.15) is 5.10 Å². The van der Waals surface area contributed by atoms with Gasteiger partial charge in [0.1, 0.15) is 11.5 Å². The van der Waals surface area contributed by atoms with Gasteiger partial charge in [0.25, 0.3) is 0 Å². The van der Waals surface area contributed by atoms with Gasteiger partial charge in [-0.3, -0.25) is 9.59 Å². The Morgan fingerprint density at radius 2 is 2.14 bits per heavy atom. The first-order valence-corrected chi connectivity index (χ1v) is 6.49. The number of carbonyl (C=O) groups is 2. The highest BCUT2D eigenvalue weighted by Gasteiger charge is 2.15. The minimum absolute atomic E-state index is 0.283. The zero-order valence-corrected chi connectivity index (χ0v) is 12.3. The summed E-state index contributed by atoms with van der Waals surface area (Å²) < 4.78 is 10.0. The van der Waals surface area contributed by atoms with Gasteiger partial charge in [0, 0.05) is 5.02 Å². The average Bonchev–Trinajstić information content (AvgIpc) is 3.00. The van der Waals surface area contributed by atoms with E-state index in [-0.39, 0.29) is 5.69 Å². The highest BCUT2D eigenvalue weighted by Crippen LogP contribution is 2.27. The predicted molar refractivity (Wildman–Crippen MR) is 81.1 cm³/mol. The first-order valence-electron chi connectivity index (χ1n) is 6.11. The monoisotopic (exact) mass is 321 g/mol. The van der Waals surface area contributed by atoms with Gasteiger partial charge in [-0.15, -0.1) is 0 Å². The molecule has 0 radical (unpaired) electrons. The Kier molecular flexibility index (Phi) is 5.16. The number of halogens is 1. The molecule has 0 bridgehead atoms. The molecule has 8 heteroatoms. The van der Waals surface area contributed by atoms with E-state index in [0.717, 1.165) is 0 Å². The van der Waals surface area contributed by atoms with Crippen molar-refractivity contribution in [3.63, 3.8) is 0 Å². The van der Waals surface area contributed by atoms with Crippen molar-refractivity contribution in [2.24, 2.45) is 5.10 Å². The van der Waals surface area contributed by atoms with Crippen molar-refractivity contribution in [2.75, 3.05) is 12.4 Å². The Balaban J connectivity index is 1.97. The molecule has 0 aliphatic heterocycles. The molecular formula is C14H12ClN3O4. The second-order valence-electron chi connectivity index (χ2n) is 4.01. The third-order valence-corrected chi connectivity index (χ3v) is 2.75. The second-order valence-corrected chi connectivity index (χ2v) is 4.45. The Labute approximate surface area is 130 Å². The van der Waals surface area contributed by atoms with Crippen LogP contribution in [-0.2, 0) is 9.59 Å². The fraction of sp³-hybridized carbons (Fsp3) is 0.0714. The van der Waals surface area contributed by atoms with Crippen LogP contribution in [0.3, 0.4) is 0 Å². The molecule has 0 saturated carbocycles. The Hall–Kier alpha value is -2.80. The van der Waals surface area contributed by atoms with Gasteiger partial charge in [-0.25, -0.2) is 5.43 Å². The van der Waals surface area contributed by atoms with E-state index in [1.165, 1.54) is 25.7 Å². The first-order chi connectivity index (χ1) is 10.6. The van der Waals surface area contributed by atoms with Gasteiger partial charge in [0.2, 0.25) is 0 Å². The Morgan fingerprint density at radius 1 is 1.32 bits per heavy atom. The molecule has 2 aromatic rings. The molecule has 1 aromatic carbocycles. The Bertz CT molecular complexity index is 698. The zero-order valence-electron chi connectivity index (χ0n) is 11.5. The van der Waals surface area contributed by atoms with Crippen LogP contribution in [-0.4, -0.2) is 25.1 Å². The molecule has 0 unspecified atom stereocenters. The maximum absolute atomic E-state index is 11.8. The lowest BCUT2D eigenvalue weighted by molar-refractivity contribution is -0.136. The molecule has 0 spiro atoms. The van der Waals surface area contributed by atoms with Crippen molar-refractivity contribution in [2.45, 2.75) is 0 Å². The molecule has 0 aliphatic carbocycles. The van der Waals surface area contributed by atoms with Crippen molar-refractivity contribution < 1.29 is 18.7 Å². The lowest BCUT2D eigenvalue weighted by Gasteiger charge is -2.09. The fourth-order valence-electron chi connectivity index (χ4n) is 1.53. The maximum atomic E-state index is 11.8. The number of benzene rings is 1. The third kappa shape index (κ3) is 4.10. The number of ether oxygens (including phenoxy) is 1. The number of nitrogens with one attached hydrogen (secondary N) is 2. The van der Waals surface area contributed by atoms with E-state index in [0.29, 0.717) is 16.5 Å². The van der Waals surface area contributed by atoms with Gasteiger partial charge in [-0.05, 0) is 30.3 Å². The minimum Gasteiger partial charge on any atom is -0.495 e. The van der Waals surface area contributed by atoms with E-state index in [1.807, 2.05) is 0 Å². The summed E-state index contributed by atoms with van der Waals surface area (Å²) in [5, 5.41) is 6.38. The molecule has 0 aliphatic rings. The number of methoxy groups -OCH3 is 1. The van der Waals surface area contributed by atoms with Crippen LogP contribution >= 0.6 is 11.6 Å². The summed E-state index contributed by atoms with van der Waals surface area (Å²) in [6, 6.07) is 7.96. The Morgan fingerprint density at radius 3 is 2.82 bits per heavy atom. The molecule has 114 valence electrons. The number of nitrogens with zero attached hydrogens (tertiary/aromatic N) is 1. The molecule has 7 nitrogen and oxygen atoms in total. The topological polar surface area (TPSA) is 92.9 Å². The summed E-state index contributed by atoms with van der Waals surface area (Å²) in [4.78, 5) is 23.4. The SMILES string of the molecule is COc1ccc(Cl)cc1NC(=O)C(=O)N/N=C\c1ccco1. The maximum Gasteiger partial charge on any atom is 0.329 e. The van der Waals surface area contributed by atoms with Gasteiger partial charge in [0.05, 0.1) is 25.3 Å². The van der Waals surface area contributed by atoms with Crippen LogP contribution in [0.2, 0.25) is 5.02 Å². The molecular weight excluding hydrogens is 310 g/mol. The van der Waals surface area contributed by atoms with Crippen molar-refractivity contribution in [3.8, 4) is 5.75 Å². The molecule has 22 heavy (non-hydrogen) atoms. The van der Waals surface area contributed by atoms with Crippen LogP contribution in [0.4, 0.5) is 5.69 Å². The number of furan rings is 1. The van der Waals surface area contributed by atoms with Crippen LogP contribution in [0.25, 0.3) is 0 Å². The van der Waals surface area contributed by atoms with E-state index >= 15 is 0 Å². The van der Waals surface area contributed by atoms with Crippen molar-refractivity contribution in [1.29, 1.82) is 0 Å². The van der Waals surface area contributed by atoms with Crippen LogP contribution < -0.4 is 15.5 Å². The summed E-state index contributed by atoms with van der Waals surface area (Å²) in [7, 11) is 1.44. The minimum atomic E-state index is -0.940. The quantitative estimate of drug-likeness (QED) is 0.512.